The molecule has 194 valence electrons. The fourth-order valence-electron chi connectivity index (χ4n) is 4.13. The van der Waals surface area contributed by atoms with E-state index in [-0.39, 0.29) is 11.3 Å². The summed E-state index contributed by atoms with van der Waals surface area (Å²) in [6.07, 6.45) is 0.271. The van der Waals surface area contributed by atoms with E-state index >= 15 is 0 Å². The fraction of sp³-hybridized carbons (Fsp3) is 0.636. The van der Waals surface area contributed by atoms with Crippen molar-refractivity contribution in [3.05, 3.63) is 29.8 Å². The third-order valence-electron chi connectivity index (χ3n) is 5.52. The number of nitrogens with zero attached hydrogens (tertiary/aromatic N) is 1. The number of hydrogen-bond donors (Lipinski definition) is 2. The van der Waals surface area contributed by atoms with Gasteiger partial charge >= 0.3 is 12.1 Å². The molecule has 1 aromatic rings. The Hall–Kier alpha value is -2.18. The normalized spacial score (nSPS) is 20.2. The highest BCUT2D eigenvalue weighted by Crippen LogP contribution is 2.29. The maximum absolute atomic E-state index is 13.0. The lowest BCUT2D eigenvalue weighted by molar-refractivity contribution is -0.899. The number of unbranched alkanes of at least 4 members (excludes halogenated alkanes) is 2. The van der Waals surface area contributed by atoms with Crippen molar-refractivity contribution in [2.45, 2.75) is 68.5 Å². The van der Waals surface area contributed by atoms with Gasteiger partial charge in [-0.2, -0.15) is 17.9 Å². The van der Waals surface area contributed by atoms with Crippen LogP contribution >= 0.6 is 0 Å². The zero-order chi connectivity index (χ0) is 26.2. The first-order chi connectivity index (χ1) is 15.5. The lowest BCUT2D eigenvalue weighted by atomic mass is 9.86. The number of carbonyl (C=O) groups excluding carboxylic acids is 1. The predicted molar refractivity (Wildman–Crippen MR) is 117 cm³/mol. The van der Waals surface area contributed by atoms with Crippen molar-refractivity contribution in [1.29, 1.82) is 0 Å². The molecule has 0 saturated carbocycles. The second kappa shape index (κ2) is 12.0. The van der Waals surface area contributed by atoms with Gasteiger partial charge in [0, 0.05) is 0 Å². The topological polar surface area (TPSA) is 124 Å². The van der Waals surface area contributed by atoms with Crippen LogP contribution in [0.5, 0.6) is 0 Å². The van der Waals surface area contributed by atoms with Crippen molar-refractivity contribution < 1.29 is 45.9 Å². The molecular formula is C22H33F3N2O6S. The quantitative estimate of drug-likeness (QED) is 0.387. The first-order valence-electron chi connectivity index (χ1n) is 11.0. The molecule has 1 saturated heterocycles. The van der Waals surface area contributed by atoms with Crippen LogP contribution in [0.2, 0.25) is 0 Å². The van der Waals surface area contributed by atoms with E-state index in [1.54, 1.807) is 12.1 Å². The van der Waals surface area contributed by atoms with E-state index in [1.165, 1.54) is 0 Å². The summed E-state index contributed by atoms with van der Waals surface area (Å²) in [4.78, 5) is 20.4. The lowest BCUT2D eigenvalue weighted by Crippen LogP contribution is -2.64. The molecule has 1 unspecified atom stereocenters. The molecule has 1 aliphatic rings. The molecule has 1 aromatic carbocycles. The number of piperidine rings is 1. The van der Waals surface area contributed by atoms with Crippen LogP contribution < -0.4 is 9.83 Å². The summed E-state index contributed by atoms with van der Waals surface area (Å²) >= 11 is 0. The number of carbonyl (C=O) groups is 2. The summed E-state index contributed by atoms with van der Waals surface area (Å²) in [6.45, 7) is 3.53. The van der Waals surface area contributed by atoms with Gasteiger partial charge in [-0.3, -0.25) is 4.79 Å². The van der Waals surface area contributed by atoms with Crippen LogP contribution in [-0.2, 0) is 26.0 Å². The number of halogens is 3. The Morgan fingerprint density at radius 1 is 1.18 bits per heavy atom. The molecule has 0 radical (unpaired) electrons. The molecule has 0 spiro atoms. The van der Waals surface area contributed by atoms with Crippen LogP contribution in [0.3, 0.4) is 0 Å². The molecule has 2 N–H and O–H groups in total. The number of benzene rings is 1. The summed E-state index contributed by atoms with van der Waals surface area (Å²) in [7, 11) is 0.239. The fourth-order valence-corrected chi connectivity index (χ4v) is 5.56. The van der Waals surface area contributed by atoms with Crippen molar-refractivity contribution in [3.8, 4) is 0 Å². The number of aryl methyl sites for hydroxylation is 1. The molecule has 1 fully saturated rings. The Kier molecular flexibility index (Phi) is 10.5. The van der Waals surface area contributed by atoms with Crippen LogP contribution in [0.1, 0.15) is 51.0 Å². The number of rotatable bonds is 9. The van der Waals surface area contributed by atoms with Crippen LogP contribution in [-0.4, -0.2) is 68.8 Å². The lowest BCUT2D eigenvalue weighted by Gasteiger charge is -2.45. The van der Waals surface area contributed by atoms with E-state index in [4.69, 9.17) is 9.90 Å². The average molecular weight is 511 g/mol. The number of likely N-dealkylation sites (tertiary alicyclic amines) is 1. The van der Waals surface area contributed by atoms with Gasteiger partial charge in [-0.05, 0) is 43.4 Å². The molecule has 0 aliphatic carbocycles. The highest BCUT2D eigenvalue weighted by atomic mass is 32.2. The highest BCUT2D eigenvalue weighted by molar-refractivity contribution is 7.89. The highest BCUT2D eigenvalue weighted by Gasteiger charge is 2.45. The molecule has 1 heterocycles. The van der Waals surface area contributed by atoms with Gasteiger partial charge in [-0.1, -0.05) is 31.9 Å². The van der Waals surface area contributed by atoms with Crippen LogP contribution in [0.25, 0.3) is 0 Å². The average Bonchev–Trinajstić information content (AvgIpc) is 2.66. The Bertz CT molecular complexity index is 933. The van der Waals surface area contributed by atoms with Gasteiger partial charge in [0.1, 0.15) is 5.97 Å². The predicted octanol–water partition coefficient (Wildman–Crippen LogP) is 2.08. The van der Waals surface area contributed by atoms with E-state index in [0.29, 0.717) is 17.4 Å². The molecule has 34 heavy (non-hydrogen) atoms. The van der Waals surface area contributed by atoms with Gasteiger partial charge in [0.25, 0.3) is 0 Å². The third kappa shape index (κ3) is 9.98. The van der Waals surface area contributed by atoms with Crippen LogP contribution in [0, 0.1) is 0 Å². The molecule has 1 aliphatic heterocycles. The number of quaternary nitrogens is 1. The Balaban J connectivity index is 0.000000718. The van der Waals surface area contributed by atoms with Gasteiger partial charge in [0.15, 0.2) is 0 Å². The number of hydrogen-bond acceptors (Lipinski definition) is 5. The number of aliphatic carboxylic acids is 2. The summed E-state index contributed by atoms with van der Waals surface area (Å²) < 4.78 is 60.8. The van der Waals surface area contributed by atoms with Crippen LogP contribution in [0.15, 0.2) is 29.2 Å². The van der Waals surface area contributed by atoms with E-state index in [9.17, 15) is 31.5 Å². The Labute approximate surface area is 198 Å². The third-order valence-corrected chi connectivity index (χ3v) is 7.12. The standard InChI is InChI=1S/C20H32N2O4S.C2HF3O2/c1-4-5-6-8-17-9-11-18(12-10-17)27(25,26)21-20(15-19(23)24)13-7-14-22(2,3)16-20;3-2(4,5)1(6)7/h9-12,21H,4-8,13-16H2,1-3H3;(H,6,7). The van der Waals surface area contributed by atoms with Gasteiger partial charge in [-0.25, -0.2) is 8.42 Å². The maximum Gasteiger partial charge on any atom is 0.430 e. The van der Waals surface area contributed by atoms with Gasteiger partial charge in [-0.15, -0.1) is 0 Å². The summed E-state index contributed by atoms with van der Waals surface area (Å²) in [5.41, 5.74) is 0.171. The molecule has 2 rings (SSSR count). The summed E-state index contributed by atoms with van der Waals surface area (Å²) in [5.74, 6) is -3.99. The maximum atomic E-state index is 13.0. The number of carboxylic acid groups (broad SMARTS) is 2. The van der Waals surface area contributed by atoms with E-state index in [0.717, 1.165) is 44.2 Å². The first kappa shape index (κ1) is 29.9. The minimum Gasteiger partial charge on any atom is -0.542 e. The smallest absolute Gasteiger partial charge is 0.430 e. The molecule has 8 nitrogen and oxygen atoms in total. The van der Waals surface area contributed by atoms with Crippen molar-refractivity contribution >= 4 is 22.0 Å². The summed E-state index contributed by atoms with van der Waals surface area (Å²) in [6, 6.07) is 6.96. The number of carboxylic acids is 2. The Morgan fingerprint density at radius 3 is 2.18 bits per heavy atom. The van der Waals surface area contributed by atoms with Crippen molar-refractivity contribution in [2.75, 3.05) is 27.2 Å². The number of likely N-dealkylation sites (N-methyl/N-ethyl adjacent to an activating group) is 1. The zero-order valence-electron chi connectivity index (χ0n) is 19.7. The number of nitrogens with one attached hydrogen (secondary N) is 1. The number of alkyl halides is 3. The minimum absolute atomic E-state index is 0.197. The van der Waals surface area contributed by atoms with Crippen molar-refractivity contribution in [1.82, 2.24) is 4.72 Å². The van der Waals surface area contributed by atoms with E-state index in [2.05, 4.69) is 11.6 Å². The molecule has 1 atom stereocenters. The zero-order valence-corrected chi connectivity index (χ0v) is 20.5. The van der Waals surface area contributed by atoms with Gasteiger partial charge < -0.3 is 19.5 Å². The van der Waals surface area contributed by atoms with E-state index < -0.39 is 33.7 Å². The first-order valence-corrected chi connectivity index (χ1v) is 12.5. The Morgan fingerprint density at radius 2 is 1.74 bits per heavy atom. The second-order valence-corrected chi connectivity index (χ2v) is 10.9. The number of sulfonamides is 1. The second-order valence-electron chi connectivity index (χ2n) is 9.26. The molecular weight excluding hydrogens is 477 g/mol. The van der Waals surface area contributed by atoms with Crippen molar-refractivity contribution in [2.24, 2.45) is 0 Å². The molecule has 0 aromatic heterocycles. The van der Waals surface area contributed by atoms with Crippen LogP contribution in [0.4, 0.5) is 13.2 Å². The summed E-state index contributed by atoms with van der Waals surface area (Å²) in [5, 5.41) is 18.2. The molecule has 0 bridgehead atoms. The van der Waals surface area contributed by atoms with Gasteiger partial charge in [0.05, 0.1) is 44.0 Å². The van der Waals surface area contributed by atoms with Gasteiger partial charge in [0.2, 0.25) is 10.0 Å². The minimum atomic E-state index is -5.19. The molecule has 0 amide bonds. The monoisotopic (exact) mass is 510 g/mol. The SMILES string of the molecule is CCCCCc1ccc(S(=O)(=O)NC2(CC(=O)O)CCC[N+](C)(C)C2)cc1.O=C([O-])C(F)(F)F. The molecule has 12 heteroatoms. The largest absolute Gasteiger partial charge is 0.542 e. The van der Waals surface area contributed by atoms with Crippen molar-refractivity contribution in [3.63, 3.8) is 0 Å². The van der Waals surface area contributed by atoms with E-state index in [1.807, 2.05) is 26.2 Å².